The highest BCUT2D eigenvalue weighted by molar-refractivity contribution is 5.94. The number of imidazole rings is 1. The van der Waals surface area contributed by atoms with Gasteiger partial charge in [0.15, 0.2) is 0 Å². The largest absolute Gasteiger partial charge is 0.465 e. The van der Waals surface area contributed by atoms with E-state index in [1.54, 1.807) is 28.7 Å². The number of nitrogens with one attached hydrogen (secondary N) is 2. The van der Waals surface area contributed by atoms with Gasteiger partial charge in [-0.2, -0.15) is 0 Å². The summed E-state index contributed by atoms with van der Waals surface area (Å²) < 4.78 is 6.43. The standard InChI is InChI=1S/C23H26N4O4/c1-16-21(27-15-7-5-8-19(27)25-16)22(29)24-14-6-3-4-9-20(28)26-18-12-10-17(11-13-18)23(30)31-2/h5,7-8,10-13,15H,3-4,6,9,14H2,1-2H3,(H,24,29)(H,26,28). The second-order valence-electron chi connectivity index (χ2n) is 7.16. The SMILES string of the molecule is COC(=O)c1ccc(NC(=O)CCCCCNC(=O)c2c(C)nc3ccccn23)cc1. The maximum absolute atomic E-state index is 12.5. The van der Waals surface area contributed by atoms with Crippen LogP contribution in [0.3, 0.4) is 0 Å². The number of rotatable bonds is 9. The molecule has 0 unspecified atom stereocenters. The Kier molecular flexibility index (Phi) is 7.37. The summed E-state index contributed by atoms with van der Waals surface area (Å²) in [5, 5.41) is 5.73. The number of carbonyl (C=O) groups excluding carboxylic acids is 3. The minimum absolute atomic E-state index is 0.0868. The molecule has 1 aromatic carbocycles. The Bertz CT molecular complexity index is 1070. The lowest BCUT2D eigenvalue weighted by Crippen LogP contribution is -2.26. The van der Waals surface area contributed by atoms with Gasteiger partial charge in [-0.3, -0.25) is 14.0 Å². The number of pyridine rings is 1. The predicted octanol–water partition coefficient (Wildman–Crippen LogP) is 3.36. The summed E-state index contributed by atoms with van der Waals surface area (Å²) in [5.74, 6) is -0.651. The highest BCUT2D eigenvalue weighted by Crippen LogP contribution is 2.13. The van der Waals surface area contributed by atoms with Gasteiger partial charge in [-0.25, -0.2) is 9.78 Å². The van der Waals surface area contributed by atoms with Crippen LogP contribution in [0.2, 0.25) is 0 Å². The molecule has 8 nitrogen and oxygen atoms in total. The summed E-state index contributed by atoms with van der Waals surface area (Å²) >= 11 is 0. The first kappa shape index (κ1) is 22.0. The molecule has 3 rings (SSSR count). The molecule has 0 aliphatic rings. The fraction of sp³-hybridized carbons (Fsp3) is 0.304. The van der Waals surface area contributed by atoms with Crippen LogP contribution in [-0.4, -0.2) is 40.8 Å². The van der Waals surface area contributed by atoms with E-state index in [4.69, 9.17) is 0 Å². The lowest BCUT2D eigenvalue weighted by Gasteiger charge is -2.07. The summed E-state index contributed by atoms with van der Waals surface area (Å²) in [7, 11) is 1.32. The zero-order chi connectivity index (χ0) is 22.2. The van der Waals surface area contributed by atoms with E-state index in [-0.39, 0.29) is 11.8 Å². The van der Waals surface area contributed by atoms with Crippen LogP contribution in [0, 0.1) is 6.92 Å². The molecule has 0 aliphatic carbocycles. The summed E-state index contributed by atoms with van der Waals surface area (Å²) in [6.07, 6.45) is 4.53. The number of esters is 1. The first-order chi connectivity index (χ1) is 15.0. The summed E-state index contributed by atoms with van der Waals surface area (Å²) in [6, 6.07) is 12.2. The van der Waals surface area contributed by atoms with Crippen molar-refractivity contribution in [3.63, 3.8) is 0 Å². The van der Waals surface area contributed by atoms with Crippen LogP contribution in [0.4, 0.5) is 5.69 Å². The third kappa shape index (κ3) is 5.69. The zero-order valence-electron chi connectivity index (χ0n) is 17.7. The van der Waals surface area contributed by atoms with Crippen molar-refractivity contribution in [2.45, 2.75) is 32.6 Å². The molecule has 8 heteroatoms. The molecule has 0 saturated carbocycles. The van der Waals surface area contributed by atoms with Crippen LogP contribution in [0.25, 0.3) is 5.65 Å². The fourth-order valence-electron chi connectivity index (χ4n) is 3.29. The number of hydrogen-bond donors (Lipinski definition) is 2. The average molecular weight is 422 g/mol. The zero-order valence-corrected chi connectivity index (χ0v) is 17.7. The van der Waals surface area contributed by atoms with Crippen LogP contribution in [-0.2, 0) is 9.53 Å². The Morgan fingerprint density at radius 3 is 2.55 bits per heavy atom. The second kappa shape index (κ2) is 10.4. The van der Waals surface area contributed by atoms with Gasteiger partial charge < -0.3 is 15.4 Å². The Labute approximate surface area is 180 Å². The topological polar surface area (TPSA) is 102 Å². The molecule has 2 heterocycles. The van der Waals surface area contributed by atoms with Crippen LogP contribution >= 0.6 is 0 Å². The molecule has 0 spiro atoms. The van der Waals surface area contributed by atoms with Gasteiger partial charge in [-0.1, -0.05) is 12.5 Å². The number of methoxy groups -OCH3 is 1. The molecule has 0 aliphatic heterocycles. The molecular formula is C23H26N4O4. The van der Waals surface area contributed by atoms with Crippen LogP contribution in [0.15, 0.2) is 48.7 Å². The summed E-state index contributed by atoms with van der Waals surface area (Å²) in [5.41, 5.74) is 3.05. The van der Waals surface area contributed by atoms with Gasteiger partial charge in [0, 0.05) is 24.8 Å². The molecule has 0 saturated heterocycles. The highest BCUT2D eigenvalue weighted by Gasteiger charge is 2.15. The van der Waals surface area contributed by atoms with Gasteiger partial charge in [0.05, 0.1) is 18.4 Å². The minimum atomic E-state index is -0.415. The van der Waals surface area contributed by atoms with Crippen molar-refractivity contribution in [1.29, 1.82) is 0 Å². The number of nitrogens with zero attached hydrogens (tertiary/aromatic N) is 2. The van der Waals surface area contributed by atoms with E-state index in [1.165, 1.54) is 7.11 Å². The van der Waals surface area contributed by atoms with E-state index >= 15 is 0 Å². The van der Waals surface area contributed by atoms with E-state index in [2.05, 4.69) is 20.4 Å². The number of unbranched alkanes of at least 4 members (excludes halogenated alkanes) is 2. The number of hydrogen-bond acceptors (Lipinski definition) is 5. The molecule has 2 aromatic heterocycles. The van der Waals surface area contributed by atoms with Crippen LogP contribution < -0.4 is 10.6 Å². The lowest BCUT2D eigenvalue weighted by atomic mass is 10.1. The number of amides is 2. The second-order valence-corrected chi connectivity index (χ2v) is 7.16. The van der Waals surface area contributed by atoms with Crippen molar-refractivity contribution >= 4 is 29.1 Å². The minimum Gasteiger partial charge on any atom is -0.465 e. The first-order valence-electron chi connectivity index (χ1n) is 10.2. The van der Waals surface area contributed by atoms with Crippen molar-refractivity contribution in [1.82, 2.24) is 14.7 Å². The third-order valence-electron chi connectivity index (χ3n) is 4.88. The molecule has 31 heavy (non-hydrogen) atoms. The molecule has 0 radical (unpaired) electrons. The van der Waals surface area contributed by atoms with Crippen molar-refractivity contribution in [2.75, 3.05) is 19.0 Å². The van der Waals surface area contributed by atoms with Crippen molar-refractivity contribution < 1.29 is 19.1 Å². The Hall–Kier alpha value is -3.68. The highest BCUT2D eigenvalue weighted by atomic mass is 16.5. The number of aromatic nitrogens is 2. The molecule has 2 amide bonds. The number of ether oxygens (including phenoxy) is 1. The Morgan fingerprint density at radius 1 is 1.03 bits per heavy atom. The normalized spacial score (nSPS) is 10.6. The number of anilines is 1. The van der Waals surface area contributed by atoms with Gasteiger partial charge in [0.25, 0.3) is 5.91 Å². The molecule has 2 N–H and O–H groups in total. The quantitative estimate of drug-likeness (QED) is 0.407. The van der Waals surface area contributed by atoms with Crippen molar-refractivity contribution in [3.8, 4) is 0 Å². The van der Waals surface area contributed by atoms with Crippen molar-refractivity contribution in [2.24, 2.45) is 0 Å². The summed E-state index contributed by atoms with van der Waals surface area (Å²) in [4.78, 5) is 40.4. The van der Waals surface area contributed by atoms with Crippen LogP contribution in [0.1, 0.15) is 52.2 Å². The average Bonchev–Trinajstić information content (AvgIpc) is 3.11. The predicted molar refractivity (Wildman–Crippen MR) is 117 cm³/mol. The maximum Gasteiger partial charge on any atom is 0.337 e. The molecular weight excluding hydrogens is 396 g/mol. The van der Waals surface area contributed by atoms with Gasteiger partial charge in [-0.05, 0) is 56.2 Å². The van der Waals surface area contributed by atoms with Gasteiger partial charge in [0.2, 0.25) is 5.91 Å². The smallest absolute Gasteiger partial charge is 0.337 e. The third-order valence-corrected chi connectivity index (χ3v) is 4.88. The van der Waals surface area contributed by atoms with Gasteiger partial charge in [-0.15, -0.1) is 0 Å². The van der Waals surface area contributed by atoms with Crippen molar-refractivity contribution in [3.05, 3.63) is 65.6 Å². The Morgan fingerprint density at radius 2 is 1.81 bits per heavy atom. The Balaban J connectivity index is 1.35. The maximum atomic E-state index is 12.5. The monoisotopic (exact) mass is 422 g/mol. The summed E-state index contributed by atoms with van der Waals surface area (Å²) in [6.45, 7) is 2.36. The van der Waals surface area contributed by atoms with E-state index in [0.717, 1.165) is 24.9 Å². The number of aryl methyl sites for hydroxylation is 1. The van der Waals surface area contributed by atoms with E-state index in [0.29, 0.717) is 35.6 Å². The molecule has 0 fully saturated rings. The lowest BCUT2D eigenvalue weighted by molar-refractivity contribution is -0.116. The van der Waals surface area contributed by atoms with E-state index in [1.807, 2.05) is 31.3 Å². The molecule has 162 valence electrons. The number of carbonyl (C=O) groups is 3. The van der Waals surface area contributed by atoms with Gasteiger partial charge in [0.1, 0.15) is 11.3 Å². The van der Waals surface area contributed by atoms with E-state index < -0.39 is 5.97 Å². The fourth-order valence-corrected chi connectivity index (χ4v) is 3.29. The van der Waals surface area contributed by atoms with Crippen LogP contribution in [0.5, 0.6) is 0 Å². The molecule has 3 aromatic rings. The number of fused-ring (bicyclic) bond motifs is 1. The van der Waals surface area contributed by atoms with E-state index in [9.17, 15) is 14.4 Å². The molecule has 0 bridgehead atoms. The number of benzene rings is 1. The molecule has 0 atom stereocenters. The van der Waals surface area contributed by atoms with Gasteiger partial charge >= 0.3 is 5.97 Å². The first-order valence-corrected chi connectivity index (χ1v) is 10.2.